The lowest BCUT2D eigenvalue weighted by Gasteiger charge is -2.43. The zero-order valence-electron chi connectivity index (χ0n) is 33.6. The average Bonchev–Trinajstić information content (AvgIpc) is 3.17. The van der Waals surface area contributed by atoms with Crippen LogP contribution in [0, 0.1) is 18.8 Å². The molecule has 5 heterocycles. The van der Waals surface area contributed by atoms with Gasteiger partial charge in [0.25, 0.3) is 11.5 Å². The average molecular weight is 769 g/mol. The topological polar surface area (TPSA) is 120 Å². The maximum Gasteiger partial charge on any atom is 0.269 e. The number of aliphatic hydroxyl groups excluding tert-OH is 1. The molecule has 4 aliphatic heterocycles. The van der Waals surface area contributed by atoms with Gasteiger partial charge in [-0.25, -0.2) is 18.7 Å². The van der Waals surface area contributed by atoms with Crippen molar-refractivity contribution in [3.05, 3.63) is 75.6 Å². The van der Waals surface area contributed by atoms with Gasteiger partial charge in [-0.1, -0.05) is 34.3 Å². The summed E-state index contributed by atoms with van der Waals surface area (Å²) in [5.41, 5.74) is 4.07. The standard InChI is InChI=1S/C43H54F2N8O3/c1-9-32(10-2)53-28(6)39(30(8)55)27(5)37-23-47-42(49-41(37)53)48-38-14-12-34(22-46-38)51-19-17-50(18-20-51)24-31-15-16-52(25-43(31,44)45)33-11-13-35(29(7)54)36(21-33)40(56)26(3)4/h11-14,21-23,26,31-32,55H,6,9-10,15-20,24-25H2,1-5,7-8H3/b39-30+,48-42?. The highest BCUT2D eigenvalue weighted by molar-refractivity contribution is 6.09. The summed E-state index contributed by atoms with van der Waals surface area (Å²) < 4.78 is 33.5. The number of Topliss-reactive ketones (excluding diaryl/α,β-unsaturated/α-hetero) is 2. The number of aliphatic hydroxyl groups is 1. The molecule has 0 spiro atoms. The fourth-order valence-electron chi connectivity index (χ4n) is 8.21. The van der Waals surface area contributed by atoms with Gasteiger partial charge in [-0.3, -0.25) is 14.5 Å². The molecule has 1 aromatic carbocycles. The number of halogens is 2. The van der Waals surface area contributed by atoms with Gasteiger partial charge >= 0.3 is 0 Å². The van der Waals surface area contributed by atoms with Crippen LogP contribution in [0.4, 0.5) is 26.0 Å². The van der Waals surface area contributed by atoms with Crippen LogP contribution in [0.1, 0.15) is 93.1 Å². The van der Waals surface area contributed by atoms with Gasteiger partial charge in [0.15, 0.2) is 17.4 Å². The van der Waals surface area contributed by atoms with Crippen LogP contribution in [0.5, 0.6) is 0 Å². The smallest absolute Gasteiger partial charge is 0.269 e. The van der Waals surface area contributed by atoms with E-state index in [-0.39, 0.29) is 34.9 Å². The van der Waals surface area contributed by atoms with Gasteiger partial charge in [0, 0.05) is 96.3 Å². The van der Waals surface area contributed by atoms with Crippen molar-refractivity contribution < 1.29 is 23.5 Å². The number of alkyl halides is 2. The van der Waals surface area contributed by atoms with E-state index >= 15 is 8.78 Å². The lowest BCUT2D eigenvalue weighted by molar-refractivity contribution is -0.0752. The zero-order valence-corrected chi connectivity index (χ0v) is 33.6. The Kier molecular flexibility index (Phi) is 12.0. The zero-order chi connectivity index (χ0) is 40.5. The summed E-state index contributed by atoms with van der Waals surface area (Å²) in [4.78, 5) is 49.6. The number of aromatic nitrogens is 4. The Balaban J connectivity index is 1.10. The number of piperidine rings is 1. The molecule has 13 heteroatoms. The molecular formula is C43H54F2N8O3. The van der Waals surface area contributed by atoms with Crippen LogP contribution < -0.4 is 26.0 Å². The molecular weight excluding hydrogens is 715 g/mol. The van der Waals surface area contributed by atoms with Crippen LogP contribution in [0.15, 0.2) is 47.7 Å². The molecule has 6 rings (SSSR count). The molecule has 0 saturated carbocycles. The Bertz CT molecular complexity index is 2240. The van der Waals surface area contributed by atoms with Crippen LogP contribution in [-0.2, 0) is 0 Å². The predicted octanol–water partition coefficient (Wildman–Crippen LogP) is 6.10. The summed E-state index contributed by atoms with van der Waals surface area (Å²) in [5.74, 6) is -3.02. The van der Waals surface area contributed by atoms with E-state index in [4.69, 9.17) is 4.98 Å². The molecule has 0 aliphatic carbocycles. The number of carbonyl (C=O) groups is 2. The molecule has 298 valence electrons. The molecule has 0 amide bonds. The fraction of sp³-hybridized carbons (Fsp3) is 0.488. The first-order chi connectivity index (χ1) is 26.6. The SMILES string of the molecule is C=c1/c(=C(\C)O)c(C)c2cnc(=Nc3ccc(N4CCN(CC5CCN(c6ccc(C(C)=O)c(C(=O)C(C)C)c6)CC5(F)F)CC4)cn3)nc-2n1C(CC)CC. The second kappa shape index (κ2) is 16.6. The maximum absolute atomic E-state index is 15.7. The second-order valence-electron chi connectivity index (χ2n) is 15.5. The first-order valence-electron chi connectivity index (χ1n) is 19.7. The lowest BCUT2D eigenvalue weighted by atomic mass is 9.90. The van der Waals surface area contributed by atoms with Crippen molar-refractivity contribution in [2.75, 3.05) is 55.6 Å². The first kappa shape index (κ1) is 40.6. The van der Waals surface area contributed by atoms with E-state index in [2.05, 4.69) is 49.8 Å². The summed E-state index contributed by atoms with van der Waals surface area (Å²) in [6, 6.07) is 8.80. The number of nitrogens with zero attached hydrogens (tertiary/aromatic N) is 8. The van der Waals surface area contributed by atoms with Gasteiger partial charge in [0.2, 0.25) is 0 Å². The van der Waals surface area contributed by atoms with Crippen molar-refractivity contribution in [1.82, 2.24) is 24.4 Å². The van der Waals surface area contributed by atoms with E-state index in [1.807, 2.05) is 19.1 Å². The summed E-state index contributed by atoms with van der Waals surface area (Å²) in [5, 5.41) is 11.9. The Morgan fingerprint density at radius 3 is 2.25 bits per heavy atom. The minimum Gasteiger partial charge on any atom is -0.512 e. The largest absolute Gasteiger partial charge is 0.512 e. The third kappa shape index (κ3) is 8.23. The van der Waals surface area contributed by atoms with E-state index in [0.29, 0.717) is 84.7 Å². The van der Waals surface area contributed by atoms with Crippen molar-refractivity contribution >= 4 is 41.1 Å². The number of carbonyl (C=O) groups excluding carboxylic acids is 2. The Morgan fingerprint density at radius 2 is 1.66 bits per heavy atom. The molecule has 2 saturated heterocycles. The highest BCUT2D eigenvalue weighted by Gasteiger charge is 2.45. The molecule has 4 aliphatic rings. The Morgan fingerprint density at radius 1 is 0.964 bits per heavy atom. The Hall–Kier alpha value is -5.04. The quantitative estimate of drug-likeness (QED) is 0.181. The molecule has 2 fully saturated rings. The van der Waals surface area contributed by atoms with E-state index in [9.17, 15) is 14.7 Å². The van der Waals surface area contributed by atoms with Crippen LogP contribution in [0.2, 0.25) is 0 Å². The van der Waals surface area contributed by atoms with E-state index in [1.165, 1.54) is 6.92 Å². The monoisotopic (exact) mass is 768 g/mol. The number of hydrogen-bond acceptors (Lipinski definition) is 10. The van der Waals surface area contributed by atoms with Gasteiger partial charge < -0.3 is 19.5 Å². The van der Waals surface area contributed by atoms with Gasteiger partial charge in [-0.15, -0.1) is 0 Å². The summed E-state index contributed by atoms with van der Waals surface area (Å²) in [7, 11) is 0. The van der Waals surface area contributed by atoms with Crippen molar-refractivity contribution in [2.45, 2.75) is 79.7 Å². The number of hydrogen-bond donors (Lipinski definition) is 1. The fourth-order valence-corrected chi connectivity index (χ4v) is 8.21. The van der Waals surface area contributed by atoms with Crippen molar-refractivity contribution in [2.24, 2.45) is 16.8 Å². The van der Waals surface area contributed by atoms with Gasteiger partial charge in [0.05, 0.1) is 24.2 Å². The van der Waals surface area contributed by atoms with Crippen LogP contribution >= 0.6 is 0 Å². The number of rotatable bonds is 11. The molecule has 1 N–H and O–H groups in total. The number of benzene rings is 1. The van der Waals surface area contributed by atoms with Gasteiger partial charge in [-0.05, 0) is 75.9 Å². The third-order valence-corrected chi connectivity index (χ3v) is 11.5. The molecule has 0 radical (unpaired) electrons. The van der Waals surface area contributed by atoms with Gasteiger partial charge in [0.1, 0.15) is 5.82 Å². The summed E-state index contributed by atoms with van der Waals surface area (Å²) in [6.07, 6.45) is 5.58. The maximum atomic E-state index is 15.7. The predicted molar refractivity (Wildman–Crippen MR) is 216 cm³/mol. The van der Waals surface area contributed by atoms with E-state index in [1.54, 1.807) is 56.3 Å². The molecule has 1 atom stereocenters. The number of ketones is 2. The number of fused-ring (bicyclic) bond motifs is 1. The highest BCUT2D eigenvalue weighted by atomic mass is 19.3. The molecule has 11 nitrogen and oxygen atoms in total. The second-order valence-corrected chi connectivity index (χ2v) is 15.5. The molecule has 56 heavy (non-hydrogen) atoms. The minimum absolute atomic E-state index is 0.134. The number of piperazine rings is 1. The van der Waals surface area contributed by atoms with E-state index < -0.39 is 18.4 Å². The summed E-state index contributed by atoms with van der Waals surface area (Å²) in [6.45, 7) is 20.1. The first-order valence-corrected chi connectivity index (χ1v) is 19.7. The normalized spacial score (nSPS) is 18.6. The minimum atomic E-state index is -2.92. The lowest BCUT2D eigenvalue weighted by Crippen LogP contribution is -2.54. The molecule has 0 bridgehead atoms. The van der Waals surface area contributed by atoms with Crippen LogP contribution in [0.3, 0.4) is 0 Å². The van der Waals surface area contributed by atoms with Crippen LogP contribution in [0.25, 0.3) is 23.7 Å². The van der Waals surface area contributed by atoms with Gasteiger partial charge in [-0.2, -0.15) is 9.98 Å². The third-order valence-electron chi connectivity index (χ3n) is 11.5. The van der Waals surface area contributed by atoms with Crippen molar-refractivity contribution in [3.63, 3.8) is 0 Å². The van der Waals surface area contributed by atoms with Crippen molar-refractivity contribution in [3.8, 4) is 11.4 Å². The molecule has 2 aromatic rings. The molecule has 1 unspecified atom stereocenters. The number of anilines is 2. The van der Waals surface area contributed by atoms with Crippen molar-refractivity contribution in [1.29, 1.82) is 0 Å². The molecule has 1 aromatic heterocycles. The highest BCUT2D eigenvalue weighted by Crippen LogP contribution is 2.37. The Labute approximate surface area is 327 Å². The van der Waals surface area contributed by atoms with Crippen LogP contribution in [-0.4, -0.2) is 92.8 Å². The summed E-state index contributed by atoms with van der Waals surface area (Å²) >= 11 is 0. The van der Waals surface area contributed by atoms with E-state index in [0.717, 1.165) is 29.7 Å². The number of pyridine rings is 2.